The summed E-state index contributed by atoms with van der Waals surface area (Å²) < 4.78 is 25.3. The summed E-state index contributed by atoms with van der Waals surface area (Å²) in [7, 11) is 0. The fourth-order valence-electron chi connectivity index (χ4n) is 3.97. The van der Waals surface area contributed by atoms with Crippen molar-refractivity contribution in [3.8, 4) is 11.5 Å². The van der Waals surface area contributed by atoms with Crippen LogP contribution in [-0.2, 0) is 0 Å². The lowest BCUT2D eigenvalue weighted by atomic mass is 9.96. The van der Waals surface area contributed by atoms with Gasteiger partial charge in [0, 0.05) is 17.5 Å². The first-order chi connectivity index (χ1) is 14.2. The molecule has 0 spiro atoms. The summed E-state index contributed by atoms with van der Waals surface area (Å²) >= 11 is 0. The molecule has 2 aliphatic rings. The van der Waals surface area contributed by atoms with Gasteiger partial charge in [0.2, 0.25) is 6.23 Å². The highest BCUT2D eigenvalue weighted by Crippen LogP contribution is 2.47. The molecule has 0 amide bonds. The van der Waals surface area contributed by atoms with Crippen LogP contribution in [0.15, 0.2) is 77.9 Å². The Morgan fingerprint density at radius 1 is 1.03 bits per heavy atom. The number of rotatable bonds is 4. The standard InChI is InChI=1S/C24H21FN2O2/c1-2-28-19-13-9-17(10-14-19)24-27-22(20-5-3-4-6-23(20)29-24)15-21(26-27)16-7-11-18(25)12-8-16/h3-14,22,24H,2,15H2,1H3/t22-,24-/m0/s1. The van der Waals surface area contributed by atoms with E-state index in [9.17, 15) is 4.39 Å². The van der Waals surface area contributed by atoms with E-state index in [-0.39, 0.29) is 18.1 Å². The van der Waals surface area contributed by atoms with Gasteiger partial charge in [-0.2, -0.15) is 5.10 Å². The molecular weight excluding hydrogens is 367 g/mol. The number of nitrogens with zero attached hydrogens (tertiary/aromatic N) is 2. The zero-order valence-electron chi connectivity index (χ0n) is 16.1. The second kappa shape index (κ2) is 7.24. The first kappa shape index (κ1) is 17.7. The van der Waals surface area contributed by atoms with Gasteiger partial charge in [-0.25, -0.2) is 9.40 Å². The van der Waals surface area contributed by atoms with E-state index < -0.39 is 0 Å². The summed E-state index contributed by atoms with van der Waals surface area (Å²) in [5.74, 6) is 1.47. The molecule has 0 fully saturated rings. The van der Waals surface area contributed by atoms with Crippen LogP contribution in [0.4, 0.5) is 4.39 Å². The van der Waals surface area contributed by atoms with Crippen LogP contribution < -0.4 is 9.47 Å². The number of hydrogen-bond donors (Lipinski definition) is 0. The number of hydrazone groups is 1. The van der Waals surface area contributed by atoms with Crippen molar-refractivity contribution in [3.05, 3.63) is 95.3 Å². The smallest absolute Gasteiger partial charge is 0.213 e. The predicted octanol–water partition coefficient (Wildman–Crippen LogP) is 5.47. The molecule has 0 radical (unpaired) electrons. The van der Waals surface area contributed by atoms with Crippen LogP contribution in [0.25, 0.3) is 0 Å². The van der Waals surface area contributed by atoms with Crippen LogP contribution in [0.2, 0.25) is 0 Å². The van der Waals surface area contributed by atoms with Crippen LogP contribution in [0, 0.1) is 5.82 Å². The van der Waals surface area contributed by atoms with E-state index >= 15 is 0 Å². The first-order valence-electron chi connectivity index (χ1n) is 9.83. The summed E-state index contributed by atoms with van der Waals surface area (Å²) in [6.45, 7) is 2.60. The SMILES string of the molecule is CCOc1ccc([C@@H]2Oc3ccccc3[C@@H]3CC(c4ccc(F)cc4)=NN32)cc1. The van der Waals surface area contributed by atoms with Gasteiger partial charge in [0.05, 0.1) is 18.4 Å². The van der Waals surface area contributed by atoms with E-state index in [1.807, 2.05) is 54.4 Å². The van der Waals surface area contributed by atoms with E-state index in [0.29, 0.717) is 6.61 Å². The molecule has 0 N–H and O–H groups in total. The average Bonchev–Trinajstić information content (AvgIpc) is 3.20. The minimum absolute atomic E-state index is 0.0802. The molecule has 4 nitrogen and oxygen atoms in total. The number of fused-ring (bicyclic) bond motifs is 3. The highest BCUT2D eigenvalue weighted by molar-refractivity contribution is 6.01. The Morgan fingerprint density at radius 3 is 2.55 bits per heavy atom. The van der Waals surface area contributed by atoms with Crippen molar-refractivity contribution < 1.29 is 13.9 Å². The minimum Gasteiger partial charge on any atom is -0.494 e. The van der Waals surface area contributed by atoms with Gasteiger partial charge in [-0.1, -0.05) is 30.3 Å². The Labute approximate surface area is 169 Å². The van der Waals surface area contributed by atoms with Gasteiger partial charge < -0.3 is 9.47 Å². The third-order valence-corrected chi connectivity index (χ3v) is 5.35. The van der Waals surface area contributed by atoms with Crippen molar-refractivity contribution in [3.63, 3.8) is 0 Å². The summed E-state index contributed by atoms with van der Waals surface area (Å²) in [4.78, 5) is 0. The largest absolute Gasteiger partial charge is 0.494 e. The van der Waals surface area contributed by atoms with Crippen molar-refractivity contribution in [1.29, 1.82) is 0 Å². The Balaban J connectivity index is 1.53. The molecule has 3 aromatic rings. The van der Waals surface area contributed by atoms with E-state index in [2.05, 4.69) is 6.07 Å². The van der Waals surface area contributed by atoms with Crippen molar-refractivity contribution >= 4 is 5.71 Å². The van der Waals surface area contributed by atoms with Crippen LogP contribution in [0.5, 0.6) is 11.5 Å². The zero-order valence-corrected chi connectivity index (χ0v) is 16.1. The lowest BCUT2D eigenvalue weighted by molar-refractivity contribution is -0.0190. The fourth-order valence-corrected chi connectivity index (χ4v) is 3.97. The number of halogens is 1. The minimum atomic E-state index is -0.330. The van der Waals surface area contributed by atoms with E-state index in [0.717, 1.165) is 40.3 Å². The molecule has 0 aromatic heterocycles. The monoisotopic (exact) mass is 388 g/mol. The highest BCUT2D eigenvalue weighted by Gasteiger charge is 2.40. The van der Waals surface area contributed by atoms with Gasteiger partial charge in [0.15, 0.2) is 0 Å². The molecule has 2 aliphatic heterocycles. The summed E-state index contributed by atoms with van der Waals surface area (Å²) in [6, 6.07) is 22.7. The third kappa shape index (κ3) is 3.23. The molecule has 0 saturated carbocycles. The molecule has 5 rings (SSSR count). The zero-order chi connectivity index (χ0) is 19.8. The summed E-state index contributed by atoms with van der Waals surface area (Å²) in [5, 5.41) is 6.92. The molecule has 0 aliphatic carbocycles. The molecular formula is C24H21FN2O2. The van der Waals surface area contributed by atoms with Gasteiger partial charge in [-0.05, 0) is 55.0 Å². The van der Waals surface area contributed by atoms with Crippen LogP contribution in [0.1, 0.15) is 42.3 Å². The third-order valence-electron chi connectivity index (χ3n) is 5.35. The number of benzene rings is 3. The summed E-state index contributed by atoms with van der Waals surface area (Å²) in [5.41, 5.74) is 4.00. The first-order valence-corrected chi connectivity index (χ1v) is 9.83. The van der Waals surface area contributed by atoms with Crippen molar-refractivity contribution in [2.45, 2.75) is 25.6 Å². The fraction of sp³-hybridized carbons (Fsp3) is 0.208. The topological polar surface area (TPSA) is 34.1 Å². The molecule has 0 bridgehead atoms. The highest BCUT2D eigenvalue weighted by atomic mass is 19.1. The van der Waals surface area contributed by atoms with Gasteiger partial charge in [-0.3, -0.25) is 0 Å². The number of hydrogen-bond acceptors (Lipinski definition) is 4. The van der Waals surface area contributed by atoms with Gasteiger partial charge in [-0.15, -0.1) is 0 Å². The number of ether oxygens (including phenoxy) is 2. The molecule has 0 saturated heterocycles. The molecule has 5 heteroatoms. The Morgan fingerprint density at radius 2 is 1.79 bits per heavy atom. The lowest BCUT2D eigenvalue weighted by Gasteiger charge is -2.38. The normalized spacial score (nSPS) is 19.8. The second-order valence-electron chi connectivity index (χ2n) is 7.16. The van der Waals surface area contributed by atoms with Crippen molar-refractivity contribution in [1.82, 2.24) is 5.01 Å². The maximum absolute atomic E-state index is 13.4. The molecule has 2 heterocycles. The molecule has 2 atom stereocenters. The van der Waals surface area contributed by atoms with Gasteiger partial charge in [0.25, 0.3) is 0 Å². The van der Waals surface area contributed by atoms with Crippen LogP contribution in [-0.4, -0.2) is 17.3 Å². The van der Waals surface area contributed by atoms with Crippen molar-refractivity contribution in [2.24, 2.45) is 5.10 Å². The second-order valence-corrected chi connectivity index (χ2v) is 7.16. The lowest BCUT2D eigenvalue weighted by Crippen LogP contribution is -2.33. The van der Waals surface area contributed by atoms with Crippen molar-refractivity contribution in [2.75, 3.05) is 6.61 Å². The molecule has 0 unspecified atom stereocenters. The van der Waals surface area contributed by atoms with Gasteiger partial charge in [0.1, 0.15) is 17.3 Å². The van der Waals surface area contributed by atoms with E-state index in [1.165, 1.54) is 12.1 Å². The Hall–Kier alpha value is -3.34. The Kier molecular flexibility index (Phi) is 4.43. The maximum atomic E-state index is 13.4. The molecule has 146 valence electrons. The Bertz CT molecular complexity index is 1050. The molecule has 29 heavy (non-hydrogen) atoms. The summed E-state index contributed by atoms with van der Waals surface area (Å²) in [6.07, 6.45) is 0.419. The van der Waals surface area contributed by atoms with E-state index in [4.69, 9.17) is 14.6 Å². The number of para-hydroxylation sites is 1. The van der Waals surface area contributed by atoms with Crippen LogP contribution in [0.3, 0.4) is 0 Å². The quantitative estimate of drug-likeness (QED) is 0.595. The predicted molar refractivity (Wildman–Crippen MR) is 110 cm³/mol. The maximum Gasteiger partial charge on any atom is 0.213 e. The van der Waals surface area contributed by atoms with Gasteiger partial charge >= 0.3 is 0 Å². The molecule has 3 aromatic carbocycles. The average molecular weight is 388 g/mol. The van der Waals surface area contributed by atoms with E-state index in [1.54, 1.807) is 12.1 Å². The van der Waals surface area contributed by atoms with Crippen LogP contribution >= 0.6 is 0 Å².